The smallest absolute Gasteiger partial charge is 0.262 e. The Hall–Kier alpha value is -3.39. The highest BCUT2D eigenvalue weighted by atomic mass is 35.5. The molecule has 2 aromatic rings. The van der Waals surface area contributed by atoms with E-state index in [1.807, 2.05) is 0 Å². The largest absolute Gasteiger partial charge is 0.484 e. The van der Waals surface area contributed by atoms with Crippen molar-refractivity contribution in [2.75, 3.05) is 11.9 Å². The van der Waals surface area contributed by atoms with Crippen LogP contribution in [0.5, 0.6) is 5.75 Å². The van der Waals surface area contributed by atoms with Crippen LogP contribution in [-0.2, 0) is 20.9 Å². The summed E-state index contributed by atoms with van der Waals surface area (Å²) in [5.74, 6) is -0.986. The molecule has 154 valence electrons. The summed E-state index contributed by atoms with van der Waals surface area (Å²) in [5, 5.41) is 5.37. The zero-order valence-corrected chi connectivity index (χ0v) is 16.6. The first-order valence-electron chi connectivity index (χ1n) is 9.37. The molecule has 0 aromatic heterocycles. The Balaban J connectivity index is 1.39. The number of rotatable bonds is 5. The number of fused-ring (bicyclic) bond motifs is 1. The molecule has 2 aliphatic heterocycles. The van der Waals surface area contributed by atoms with Gasteiger partial charge >= 0.3 is 0 Å². The van der Waals surface area contributed by atoms with Crippen molar-refractivity contribution in [2.24, 2.45) is 0 Å². The van der Waals surface area contributed by atoms with E-state index in [-0.39, 0.29) is 37.3 Å². The zero-order valence-electron chi connectivity index (χ0n) is 15.8. The summed E-state index contributed by atoms with van der Waals surface area (Å²) in [6.45, 7) is 0.0122. The van der Waals surface area contributed by atoms with E-state index in [9.17, 15) is 19.2 Å². The molecule has 4 amide bonds. The van der Waals surface area contributed by atoms with E-state index in [1.165, 1.54) is 4.90 Å². The number of carbonyl (C=O) groups is 4. The molecule has 0 radical (unpaired) electrons. The monoisotopic (exact) mass is 427 g/mol. The Labute approximate surface area is 177 Å². The minimum absolute atomic E-state index is 0.200. The van der Waals surface area contributed by atoms with E-state index in [0.29, 0.717) is 34.0 Å². The Morgan fingerprint density at radius 2 is 2.00 bits per heavy atom. The normalized spacial score (nSPS) is 18.1. The molecule has 9 heteroatoms. The number of hydrogen-bond acceptors (Lipinski definition) is 5. The van der Waals surface area contributed by atoms with Gasteiger partial charge in [-0.15, -0.1) is 0 Å². The van der Waals surface area contributed by atoms with Crippen molar-refractivity contribution < 1.29 is 23.9 Å². The number of nitrogens with zero attached hydrogens (tertiary/aromatic N) is 1. The van der Waals surface area contributed by atoms with Crippen LogP contribution in [0.25, 0.3) is 0 Å². The number of anilines is 1. The molecule has 0 saturated carbocycles. The molecule has 1 saturated heterocycles. The summed E-state index contributed by atoms with van der Waals surface area (Å²) in [6, 6.07) is 11.1. The van der Waals surface area contributed by atoms with E-state index >= 15 is 0 Å². The van der Waals surface area contributed by atoms with Gasteiger partial charge in [-0.3, -0.25) is 24.5 Å². The van der Waals surface area contributed by atoms with Crippen molar-refractivity contribution in [3.63, 3.8) is 0 Å². The number of piperidine rings is 1. The number of ether oxygens (including phenoxy) is 1. The highest BCUT2D eigenvalue weighted by Crippen LogP contribution is 2.30. The van der Waals surface area contributed by atoms with Gasteiger partial charge in [-0.25, -0.2) is 0 Å². The first-order valence-corrected chi connectivity index (χ1v) is 9.75. The van der Waals surface area contributed by atoms with Crippen LogP contribution < -0.4 is 15.4 Å². The maximum Gasteiger partial charge on any atom is 0.262 e. The fourth-order valence-corrected chi connectivity index (χ4v) is 3.72. The van der Waals surface area contributed by atoms with Gasteiger partial charge in [0, 0.05) is 18.5 Å². The minimum Gasteiger partial charge on any atom is -0.484 e. The van der Waals surface area contributed by atoms with Crippen molar-refractivity contribution in [2.45, 2.75) is 25.4 Å². The van der Waals surface area contributed by atoms with E-state index < -0.39 is 11.9 Å². The Morgan fingerprint density at radius 1 is 1.20 bits per heavy atom. The molecule has 0 spiro atoms. The van der Waals surface area contributed by atoms with Crippen molar-refractivity contribution >= 4 is 40.9 Å². The molecule has 0 bridgehead atoms. The Morgan fingerprint density at radius 3 is 2.77 bits per heavy atom. The third-order valence-corrected chi connectivity index (χ3v) is 5.34. The van der Waals surface area contributed by atoms with Gasteiger partial charge < -0.3 is 15.0 Å². The molecular formula is C21H18ClN3O5. The highest BCUT2D eigenvalue weighted by molar-refractivity contribution is 6.33. The summed E-state index contributed by atoms with van der Waals surface area (Å²) in [5.41, 5.74) is 1.67. The van der Waals surface area contributed by atoms with E-state index in [0.717, 1.165) is 0 Å². The topological polar surface area (TPSA) is 105 Å². The summed E-state index contributed by atoms with van der Waals surface area (Å²) in [4.78, 5) is 49.7. The van der Waals surface area contributed by atoms with Crippen LogP contribution in [-0.4, -0.2) is 41.2 Å². The third-order valence-electron chi connectivity index (χ3n) is 5.01. The van der Waals surface area contributed by atoms with Gasteiger partial charge in [0.15, 0.2) is 6.61 Å². The second-order valence-corrected chi connectivity index (χ2v) is 7.44. The predicted octanol–water partition coefficient (Wildman–Crippen LogP) is 2.12. The molecule has 1 unspecified atom stereocenters. The first-order chi connectivity index (χ1) is 14.4. The second-order valence-electron chi connectivity index (χ2n) is 7.04. The number of imide groups is 1. The average Bonchev–Trinajstić information content (AvgIpc) is 3.04. The molecule has 30 heavy (non-hydrogen) atoms. The summed E-state index contributed by atoms with van der Waals surface area (Å²) < 4.78 is 5.55. The molecule has 8 nitrogen and oxygen atoms in total. The lowest BCUT2D eigenvalue weighted by molar-refractivity contribution is -0.137. The molecule has 2 aromatic carbocycles. The quantitative estimate of drug-likeness (QED) is 0.711. The molecule has 2 N–H and O–H groups in total. The number of hydrogen-bond donors (Lipinski definition) is 2. The maximum absolute atomic E-state index is 12.7. The maximum atomic E-state index is 12.7. The Bertz CT molecular complexity index is 1050. The number of para-hydroxylation sites is 1. The standard InChI is InChI=1S/C21H18ClN3O5/c22-15-3-1-2-4-16(15)23-19(27)11-30-13-5-6-14-12(9-13)10-25(21(14)29)17-7-8-18(26)24-20(17)28/h1-6,9,17H,7-8,10-11H2,(H,23,27)(H,24,26,28). The van der Waals surface area contributed by atoms with Crippen molar-refractivity contribution in [3.8, 4) is 5.75 Å². The minimum atomic E-state index is -0.673. The van der Waals surface area contributed by atoms with Crippen LogP contribution in [0.2, 0.25) is 5.02 Å². The molecule has 4 rings (SSSR count). The van der Waals surface area contributed by atoms with Gasteiger partial charge in [-0.05, 0) is 42.3 Å². The first kappa shape index (κ1) is 19.9. The SMILES string of the molecule is O=C1CCC(N2Cc3cc(OCC(=O)Nc4ccccc4Cl)ccc3C2=O)C(=O)N1. The van der Waals surface area contributed by atoms with Crippen LogP contribution in [0.15, 0.2) is 42.5 Å². The van der Waals surface area contributed by atoms with Crippen molar-refractivity contribution in [1.29, 1.82) is 0 Å². The average molecular weight is 428 g/mol. The fourth-order valence-electron chi connectivity index (χ4n) is 3.54. The number of carbonyl (C=O) groups excluding carboxylic acids is 4. The highest BCUT2D eigenvalue weighted by Gasteiger charge is 2.39. The van der Waals surface area contributed by atoms with Gasteiger partial charge in [0.1, 0.15) is 11.8 Å². The lowest BCUT2D eigenvalue weighted by Gasteiger charge is -2.29. The van der Waals surface area contributed by atoms with Crippen molar-refractivity contribution in [1.82, 2.24) is 10.2 Å². The molecule has 2 heterocycles. The summed E-state index contributed by atoms with van der Waals surface area (Å²) in [7, 11) is 0. The van der Waals surface area contributed by atoms with Gasteiger partial charge in [-0.2, -0.15) is 0 Å². The van der Waals surface area contributed by atoms with Gasteiger partial charge in [0.2, 0.25) is 11.8 Å². The fraction of sp³-hybridized carbons (Fsp3) is 0.238. The number of halogens is 1. The lowest BCUT2D eigenvalue weighted by atomic mass is 10.0. The summed E-state index contributed by atoms with van der Waals surface area (Å²) >= 11 is 6.02. The zero-order chi connectivity index (χ0) is 21.3. The Kier molecular flexibility index (Phi) is 5.41. The number of amides is 4. The molecule has 1 fully saturated rings. The van der Waals surface area contributed by atoms with E-state index in [4.69, 9.17) is 16.3 Å². The molecule has 2 aliphatic rings. The molecule has 0 aliphatic carbocycles. The van der Waals surface area contributed by atoms with Crippen molar-refractivity contribution in [3.05, 3.63) is 58.6 Å². The van der Waals surface area contributed by atoms with E-state index in [2.05, 4.69) is 10.6 Å². The van der Waals surface area contributed by atoms with Gasteiger partial charge in [0.05, 0.1) is 10.7 Å². The third kappa shape index (κ3) is 3.99. The van der Waals surface area contributed by atoms with Gasteiger partial charge in [0.25, 0.3) is 11.8 Å². The van der Waals surface area contributed by atoms with Crippen LogP contribution >= 0.6 is 11.6 Å². The van der Waals surface area contributed by atoms with Gasteiger partial charge in [-0.1, -0.05) is 23.7 Å². The van der Waals surface area contributed by atoms with Crippen LogP contribution in [0.3, 0.4) is 0 Å². The van der Waals surface area contributed by atoms with Crippen LogP contribution in [0.4, 0.5) is 5.69 Å². The van der Waals surface area contributed by atoms with Crippen LogP contribution in [0.1, 0.15) is 28.8 Å². The van der Waals surface area contributed by atoms with Crippen LogP contribution in [0, 0.1) is 0 Å². The molecular weight excluding hydrogens is 410 g/mol. The summed E-state index contributed by atoms with van der Waals surface area (Å²) in [6.07, 6.45) is 0.501. The second kappa shape index (κ2) is 8.16. The number of nitrogens with one attached hydrogen (secondary N) is 2. The predicted molar refractivity (Wildman–Crippen MR) is 108 cm³/mol. The number of benzene rings is 2. The molecule has 1 atom stereocenters. The lowest BCUT2D eigenvalue weighted by Crippen LogP contribution is -2.52. The van der Waals surface area contributed by atoms with E-state index in [1.54, 1.807) is 42.5 Å².